The van der Waals surface area contributed by atoms with E-state index in [4.69, 9.17) is 19.9 Å². The fourth-order valence-electron chi connectivity index (χ4n) is 1.97. The molecular weight excluding hydrogens is 270 g/mol. The first kappa shape index (κ1) is 14.7. The fourth-order valence-corrected chi connectivity index (χ4v) is 1.97. The molecule has 0 radical (unpaired) electrons. The first-order valence-corrected chi connectivity index (χ1v) is 6.39. The van der Waals surface area contributed by atoms with E-state index in [1.807, 2.05) is 24.3 Å². The fraction of sp³-hybridized carbons (Fsp3) is 0.188. The van der Waals surface area contributed by atoms with Crippen LogP contribution in [0.5, 0.6) is 11.5 Å². The number of hydrogen-bond donors (Lipinski definition) is 1. The van der Waals surface area contributed by atoms with Gasteiger partial charge in [-0.15, -0.1) is 0 Å². The van der Waals surface area contributed by atoms with Gasteiger partial charge >= 0.3 is 5.97 Å². The van der Waals surface area contributed by atoms with E-state index in [1.54, 1.807) is 25.3 Å². The Labute approximate surface area is 123 Å². The van der Waals surface area contributed by atoms with Crippen LogP contribution >= 0.6 is 0 Å². The van der Waals surface area contributed by atoms with E-state index in [9.17, 15) is 4.79 Å². The van der Waals surface area contributed by atoms with E-state index in [0.29, 0.717) is 11.4 Å². The summed E-state index contributed by atoms with van der Waals surface area (Å²) in [7, 11) is 2.90. The molecule has 0 saturated carbocycles. The van der Waals surface area contributed by atoms with Crippen molar-refractivity contribution in [3.05, 3.63) is 53.6 Å². The molecule has 2 aromatic rings. The van der Waals surface area contributed by atoms with Gasteiger partial charge in [-0.3, -0.25) is 0 Å². The van der Waals surface area contributed by atoms with E-state index in [-0.39, 0.29) is 12.2 Å². The maximum atomic E-state index is 11.8. The van der Waals surface area contributed by atoms with Gasteiger partial charge < -0.3 is 19.9 Å². The third kappa shape index (κ3) is 3.25. The number of anilines is 1. The van der Waals surface area contributed by atoms with Crippen molar-refractivity contribution in [2.75, 3.05) is 20.0 Å². The minimum atomic E-state index is -0.525. The number of ether oxygens (including phenoxy) is 3. The zero-order chi connectivity index (χ0) is 15.2. The van der Waals surface area contributed by atoms with Gasteiger partial charge in [-0.25, -0.2) is 4.79 Å². The lowest BCUT2D eigenvalue weighted by Gasteiger charge is -2.13. The number of rotatable bonds is 5. The predicted octanol–water partition coefficient (Wildman–Crippen LogP) is 2.64. The number of methoxy groups -OCH3 is 2. The highest BCUT2D eigenvalue weighted by Crippen LogP contribution is 2.27. The van der Waals surface area contributed by atoms with Gasteiger partial charge in [0.2, 0.25) is 0 Å². The molecule has 21 heavy (non-hydrogen) atoms. The first-order chi connectivity index (χ1) is 10.2. The molecule has 0 atom stereocenters. The zero-order valence-corrected chi connectivity index (χ0v) is 12.0. The summed E-state index contributed by atoms with van der Waals surface area (Å²) in [4.78, 5) is 11.8. The second-order valence-corrected chi connectivity index (χ2v) is 4.31. The monoisotopic (exact) mass is 287 g/mol. The number of benzene rings is 2. The van der Waals surface area contributed by atoms with Crippen LogP contribution in [0.1, 0.15) is 15.9 Å². The van der Waals surface area contributed by atoms with Crippen molar-refractivity contribution in [2.24, 2.45) is 0 Å². The molecule has 0 heterocycles. The van der Waals surface area contributed by atoms with Crippen LogP contribution in [0.4, 0.5) is 5.69 Å². The number of carbonyl (C=O) groups excluding carboxylic acids is 1. The van der Waals surface area contributed by atoms with Crippen molar-refractivity contribution in [1.29, 1.82) is 0 Å². The van der Waals surface area contributed by atoms with Crippen molar-refractivity contribution in [3.8, 4) is 11.5 Å². The van der Waals surface area contributed by atoms with Crippen LogP contribution in [0.2, 0.25) is 0 Å². The number of hydrogen-bond acceptors (Lipinski definition) is 5. The molecule has 2 N–H and O–H groups in total. The van der Waals surface area contributed by atoms with E-state index in [0.717, 1.165) is 11.3 Å². The highest BCUT2D eigenvalue weighted by molar-refractivity contribution is 5.98. The van der Waals surface area contributed by atoms with Crippen LogP contribution in [-0.2, 0) is 11.3 Å². The Bertz CT molecular complexity index is 640. The molecule has 0 spiro atoms. The minimum absolute atomic E-state index is 0.231. The van der Waals surface area contributed by atoms with E-state index >= 15 is 0 Å². The maximum absolute atomic E-state index is 11.8. The normalized spacial score (nSPS) is 10.0. The average Bonchev–Trinajstić information content (AvgIpc) is 2.52. The van der Waals surface area contributed by atoms with Crippen LogP contribution in [0.3, 0.4) is 0 Å². The summed E-state index contributed by atoms with van der Waals surface area (Å²) in [6.45, 7) is 0.261. The van der Waals surface area contributed by atoms with Gasteiger partial charge in [-0.1, -0.05) is 24.3 Å². The quantitative estimate of drug-likeness (QED) is 0.676. The number of para-hydroxylation sites is 1. The molecule has 110 valence electrons. The van der Waals surface area contributed by atoms with Crippen LogP contribution in [-0.4, -0.2) is 20.2 Å². The molecular formula is C16H17NO4. The van der Waals surface area contributed by atoms with E-state index in [1.165, 1.54) is 7.11 Å². The Balaban J connectivity index is 2.24. The molecule has 5 heteroatoms. The lowest BCUT2D eigenvalue weighted by molar-refractivity contribution is 0.0597. The van der Waals surface area contributed by atoms with Crippen molar-refractivity contribution >= 4 is 11.7 Å². The molecule has 2 rings (SSSR count). The molecule has 0 aliphatic carbocycles. The molecule has 0 amide bonds. The van der Waals surface area contributed by atoms with Crippen molar-refractivity contribution in [1.82, 2.24) is 0 Å². The number of carbonyl (C=O) groups is 1. The summed E-state index contributed by atoms with van der Waals surface area (Å²) in [5.74, 6) is 0.580. The summed E-state index contributed by atoms with van der Waals surface area (Å²) in [5, 5.41) is 0. The third-order valence-corrected chi connectivity index (χ3v) is 3.02. The summed E-state index contributed by atoms with van der Waals surface area (Å²) < 4.78 is 15.7. The van der Waals surface area contributed by atoms with Crippen LogP contribution < -0.4 is 15.2 Å². The van der Waals surface area contributed by atoms with Gasteiger partial charge in [0.15, 0.2) is 0 Å². The van der Waals surface area contributed by atoms with Gasteiger partial charge in [-0.05, 0) is 18.2 Å². The summed E-state index contributed by atoms with van der Waals surface area (Å²) >= 11 is 0. The smallest absolute Gasteiger partial charge is 0.343 e. The Morgan fingerprint density at radius 2 is 1.76 bits per heavy atom. The Morgan fingerprint density at radius 3 is 2.48 bits per heavy atom. The SMILES string of the molecule is COC(=O)c1c(N)cccc1OCc1ccccc1OC. The Hall–Kier alpha value is -2.69. The Morgan fingerprint density at radius 1 is 1.05 bits per heavy atom. The Kier molecular flexibility index (Phi) is 4.66. The molecule has 0 saturated heterocycles. The van der Waals surface area contributed by atoms with Gasteiger partial charge in [0, 0.05) is 11.3 Å². The molecule has 0 unspecified atom stereocenters. The third-order valence-electron chi connectivity index (χ3n) is 3.02. The second kappa shape index (κ2) is 6.65. The number of nitrogen functional groups attached to an aromatic ring is 1. The molecule has 0 aliphatic heterocycles. The van der Waals surface area contributed by atoms with Gasteiger partial charge in [0.1, 0.15) is 23.7 Å². The standard InChI is InChI=1S/C16H17NO4/c1-19-13-8-4-3-6-11(13)10-21-14-9-5-7-12(17)15(14)16(18)20-2/h3-9H,10,17H2,1-2H3. The summed E-state index contributed by atoms with van der Waals surface area (Å²) in [6, 6.07) is 12.5. The van der Waals surface area contributed by atoms with Crippen molar-refractivity contribution in [2.45, 2.75) is 6.61 Å². The molecule has 0 fully saturated rings. The molecule has 2 aromatic carbocycles. The lowest BCUT2D eigenvalue weighted by atomic mass is 10.1. The van der Waals surface area contributed by atoms with Gasteiger partial charge in [0.05, 0.1) is 14.2 Å². The van der Waals surface area contributed by atoms with Crippen LogP contribution in [0.25, 0.3) is 0 Å². The number of esters is 1. The largest absolute Gasteiger partial charge is 0.496 e. The second-order valence-electron chi connectivity index (χ2n) is 4.31. The highest BCUT2D eigenvalue weighted by atomic mass is 16.5. The lowest BCUT2D eigenvalue weighted by Crippen LogP contribution is -2.09. The zero-order valence-electron chi connectivity index (χ0n) is 12.0. The highest BCUT2D eigenvalue weighted by Gasteiger charge is 2.17. The molecule has 0 bridgehead atoms. The average molecular weight is 287 g/mol. The molecule has 0 aliphatic rings. The van der Waals surface area contributed by atoms with E-state index in [2.05, 4.69) is 0 Å². The molecule has 0 aromatic heterocycles. The summed E-state index contributed by atoms with van der Waals surface area (Å²) in [5.41, 5.74) is 7.24. The van der Waals surface area contributed by atoms with Crippen molar-refractivity contribution in [3.63, 3.8) is 0 Å². The van der Waals surface area contributed by atoms with Crippen LogP contribution in [0.15, 0.2) is 42.5 Å². The molecule has 5 nitrogen and oxygen atoms in total. The van der Waals surface area contributed by atoms with Crippen molar-refractivity contribution < 1.29 is 19.0 Å². The predicted molar refractivity (Wildman–Crippen MR) is 79.5 cm³/mol. The van der Waals surface area contributed by atoms with E-state index < -0.39 is 5.97 Å². The number of nitrogens with two attached hydrogens (primary N) is 1. The van der Waals surface area contributed by atoms with Gasteiger partial charge in [0.25, 0.3) is 0 Å². The minimum Gasteiger partial charge on any atom is -0.496 e. The van der Waals surface area contributed by atoms with Crippen LogP contribution in [0, 0.1) is 0 Å². The summed E-state index contributed by atoms with van der Waals surface area (Å²) in [6.07, 6.45) is 0. The maximum Gasteiger partial charge on any atom is 0.343 e. The van der Waals surface area contributed by atoms with Gasteiger partial charge in [-0.2, -0.15) is 0 Å². The topological polar surface area (TPSA) is 70.8 Å². The first-order valence-electron chi connectivity index (χ1n) is 6.39.